The molecule has 1 N–H and O–H groups in total. The molecule has 0 fully saturated rings. The Morgan fingerprint density at radius 2 is 1.76 bits per heavy atom. The van der Waals surface area contributed by atoms with E-state index in [4.69, 9.17) is 11.6 Å². The van der Waals surface area contributed by atoms with E-state index in [0.717, 1.165) is 0 Å². The number of nitrogens with one attached hydrogen (secondary N) is 1. The number of benzene rings is 1. The molecule has 0 unspecified atom stereocenters. The van der Waals surface area contributed by atoms with E-state index in [1.807, 2.05) is 13.8 Å². The third-order valence-electron chi connectivity index (χ3n) is 3.08. The molecule has 0 saturated heterocycles. The van der Waals surface area contributed by atoms with Gasteiger partial charge in [0, 0.05) is 13.1 Å². The number of carbonyl (C=O) groups is 2. The molecule has 0 aromatic heterocycles. The fraction of sp³-hybridized carbons (Fsp3) is 0.467. The number of likely N-dealkylation sites (N-methyl/N-ethyl adjacent to an activating group) is 2. The first-order chi connectivity index (χ1) is 9.97. The summed E-state index contributed by atoms with van der Waals surface area (Å²) in [7, 11) is 1.74. The van der Waals surface area contributed by atoms with Gasteiger partial charge < -0.3 is 10.2 Å². The van der Waals surface area contributed by atoms with Gasteiger partial charge in [-0.25, -0.2) is 0 Å². The highest BCUT2D eigenvalue weighted by atomic mass is 35.5. The van der Waals surface area contributed by atoms with E-state index in [2.05, 4.69) is 5.32 Å². The van der Waals surface area contributed by atoms with Gasteiger partial charge in [0.15, 0.2) is 0 Å². The van der Waals surface area contributed by atoms with E-state index in [-0.39, 0.29) is 24.9 Å². The van der Waals surface area contributed by atoms with Gasteiger partial charge in [-0.15, -0.1) is 0 Å². The standard InChI is InChI=1S/C15H22ClN3O2/c1-4-19(5-2)15(21)11-18(3)10-14(20)17-13-9-7-6-8-12(13)16/h6-9H,4-5,10-11H2,1-3H3,(H,17,20). The molecular weight excluding hydrogens is 290 g/mol. The third kappa shape index (κ3) is 5.73. The number of para-hydroxylation sites is 1. The summed E-state index contributed by atoms with van der Waals surface area (Å²) in [5.41, 5.74) is 0.577. The van der Waals surface area contributed by atoms with Crippen molar-refractivity contribution in [1.29, 1.82) is 0 Å². The van der Waals surface area contributed by atoms with Crippen molar-refractivity contribution in [3.63, 3.8) is 0 Å². The average Bonchev–Trinajstić information content (AvgIpc) is 2.42. The minimum absolute atomic E-state index is 0.0213. The smallest absolute Gasteiger partial charge is 0.238 e. The van der Waals surface area contributed by atoms with Crippen LogP contribution in [0.3, 0.4) is 0 Å². The van der Waals surface area contributed by atoms with E-state index < -0.39 is 0 Å². The Hall–Kier alpha value is -1.59. The molecule has 21 heavy (non-hydrogen) atoms. The monoisotopic (exact) mass is 311 g/mol. The van der Waals surface area contributed by atoms with Crippen molar-refractivity contribution in [1.82, 2.24) is 9.80 Å². The Labute approximate surface area is 130 Å². The molecule has 0 aliphatic rings. The molecule has 0 saturated carbocycles. The van der Waals surface area contributed by atoms with Crippen LogP contribution in [0.25, 0.3) is 0 Å². The maximum atomic E-state index is 11.9. The lowest BCUT2D eigenvalue weighted by Crippen LogP contribution is -2.41. The van der Waals surface area contributed by atoms with Crippen LogP contribution in [0.15, 0.2) is 24.3 Å². The molecule has 0 atom stereocenters. The summed E-state index contributed by atoms with van der Waals surface area (Å²) < 4.78 is 0. The average molecular weight is 312 g/mol. The van der Waals surface area contributed by atoms with Crippen molar-refractivity contribution >= 4 is 29.1 Å². The number of amides is 2. The quantitative estimate of drug-likeness (QED) is 0.839. The van der Waals surface area contributed by atoms with Gasteiger partial charge >= 0.3 is 0 Å². The number of nitrogens with zero attached hydrogens (tertiary/aromatic N) is 2. The SMILES string of the molecule is CCN(CC)C(=O)CN(C)CC(=O)Nc1ccccc1Cl. The Morgan fingerprint density at radius 1 is 1.14 bits per heavy atom. The second kappa shape index (κ2) is 8.64. The van der Waals surface area contributed by atoms with Crippen LogP contribution in [-0.4, -0.2) is 54.8 Å². The zero-order chi connectivity index (χ0) is 15.8. The van der Waals surface area contributed by atoms with E-state index in [1.165, 1.54) is 0 Å². The molecule has 0 heterocycles. The molecule has 5 nitrogen and oxygen atoms in total. The minimum Gasteiger partial charge on any atom is -0.342 e. The maximum Gasteiger partial charge on any atom is 0.238 e. The van der Waals surface area contributed by atoms with Crippen LogP contribution in [0.1, 0.15) is 13.8 Å². The van der Waals surface area contributed by atoms with Crippen LogP contribution in [-0.2, 0) is 9.59 Å². The van der Waals surface area contributed by atoms with Gasteiger partial charge in [-0.1, -0.05) is 23.7 Å². The number of hydrogen-bond donors (Lipinski definition) is 1. The number of rotatable bonds is 7. The van der Waals surface area contributed by atoms with Crippen molar-refractivity contribution in [2.75, 3.05) is 38.5 Å². The molecule has 1 aromatic carbocycles. The highest BCUT2D eigenvalue weighted by Crippen LogP contribution is 2.20. The fourth-order valence-corrected chi connectivity index (χ4v) is 2.14. The van der Waals surface area contributed by atoms with E-state index in [1.54, 1.807) is 41.1 Å². The third-order valence-corrected chi connectivity index (χ3v) is 3.41. The van der Waals surface area contributed by atoms with Crippen LogP contribution in [0.5, 0.6) is 0 Å². The van der Waals surface area contributed by atoms with Crippen LogP contribution in [0.2, 0.25) is 5.02 Å². The van der Waals surface area contributed by atoms with Gasteiger partial charge in [0.2, 0.25) is 11.8 Å². The van der Waals surface area contributed by atoms with Gasteiger partial charge in [-0.05, 0) is 33.0 Å². The largest absolute Gasteiger partial charge is 0.342 e. The second-order valence-corrected chi connectivity index (χ2v) is 5.17. The molecule has 0 aliphatic heterocycles. The Morgan fingerprint density at radius 3 is 2.33 bits per heavy atom. The highest BCUT2D eigenvalue weighted by Gasteiger charge is 2.15. The van der Waals surface area contributed by atoms with Crippen molar-refractivity contribution < 1.29 is 9.59 Å². The molecular formula is C15H22ClN3O2. The van der Waals surface area contributed by atoms with Gasteiger partial charge in [-0.2, -0.15) is 0 Å². The summed E-state index contributed by atoms with van der Waals surface area (Å²) >= 11 is 5.98. The lowest BCUT2D eigenvalue weighted by atomic mass is 10.3. The summed E-state index contributed by atoms with van der Waals surface area (Å²) in [4.78, 5) is 27.3. The predicted octanol–water partition coefficient (Wildman–Crippen LogP) is 2.08. The Bertz CT molecular complexity index is 490. The van der Waals surface area contributed by atoms with Crippen molar-refractivity contribution in [3.8, 4) is 0 Å². The van der Waals surface area contributed by atoms with E-state index >= 15 is 0 Å². The van der Waals surface area contributed by atoms with Gasteiger partial charge in [0.25, 0.3) is 0 Å². The predicted molar refractivity (Wildman–Crippen MR) is 85.5 cm³/mol. The number of hydrogen-bond acceptors (Lipinski definition) is 3. The van der Waals surface area contributed by atoms with Crippen LogP contribution in [0, 0.1) is 0 Å². The molecule has 1 rings (SSSR count). The second-order valence-electron chi connectivity index (χ2n) is 4.77. The highest BCUT2D eigenvalue weighted by molar-refractivity contribution is 6.33. The zero-order valence-electron chi connectivity index (χ0n) is 12.7. The zero-order valence-corrected chi connectivity index (χ0v) is 13.5. The summed E-state index contributed by atoms with van der Waals surface area (Å²) in [5.74, 6) is -0.175. The van der Waals surface area contributed by atoms with Crippen LogP contribution < -0.4 is 5.32 Å². The molecule has 1 aromatic rings. The molecule has 2 amide bonds. The summed E-state index contributed by atoms with van der Waals surface area (Å²) in [6, 6.07) is 7.05. The first kappa shape index (κ1) is 17.5. The molecule has 0 bridgehead atoms. The lowest BCUT2D eigenvalue weighted by Gasteiger charge is -2.22. The molecule has 116 valence electrons. The first-order valence-corrected chi connectivity index (χ1v) is 7.36. The number of anilines is 1. The van der Waals surface area contributed by atoms with Crippen LogP contribution >= 0.6 is 11.6 Å². The maximum absolute atomic E-state index is 11.9. The van der Waals surface area contributed by atoms with Gasteiger partial charge in [0.05, 0.1) is 23.8 Å². The minimum atomic E-state index is -0.196. The lowest BCUT2D eigenvalue weighted by molar-refractivity contribution is -0.132. The Kier molecular flexibility index (Phi) is 7.19. The Balaban J connectivity index is 2.47. The number of carbonyl (C=O) groups excluding carboxylic acids is 2. The molecule has 0 aliphatic carbocycles. The van der Waals surface area contributed by atoms with E-state index in [0.29, 0.717) is 23.8 Å². The summed E-state index contributed by atoms with van der Waals surface area (Å²) in [6.45, 7) is 5.58. The van der Waals surface area contributed by atoms with Gasteiger partial charge in [-0.3, -0.25) is 14.5 Å². The molecule has 6 heteroatoms. The van der Waals surface area contributed by atoms with E-state index in [9.17, 15) is 9.59 Å². The van der Waals surface area contributed by atoms with Crippen LogP contribution in [0.4, 0.5) is 5.69 Å². The first-order valence-electron chi connectivity index (χ1n) is 6.98. The van der Waals surface area contributed by atoms with Gasteiger partial charge in [0.1, 0.15) is 0 Å². The van der Waals surface area contributed by atoms with Crippen molar-refractivity contribution in [2.45, 2.75) is 13.8 Å². The normalized spacial score (nSPS) is 10.5. The fourth-order valence-electron chi connectivity index (χ4n) is 1.96. The van der Waals surface area contributed by atoms with Crippen molar-refractivity contribution in [2.24, 2.45) is 0 Å². The van der Waals surface area contributed by atoms with Crippen molar-refractivity contribution in [3.05, 3.63) is 29.3 Å². The summed E-state index contributed by atoms with van der Waals surface area (Å²) in [6.07, 6.45) is 0. The summed E-state index contributed by atoms with van der Waals surface area (Å²) in [5, 5.41) is 3.23. The molecule has 0 radical (unpaired) electrons. The molecule has 0 spiro atoms. The topological polar surface area (TPSA) is 52.7 Å². The number of halogens is 1.